The van der Waals surface area contributed by atoms with Crippen LogP contribution in [0.5, 0.6) is 0 Å². The first kappa shape index (κ1) is 9.50. The first-order chi connectivity index (χ1) is 5.66. The third kappa shape index (κ3) is 2.47. The first-order valence-corrected chi connectivity index (χ1v) is 4.76. The molecule has 0 aliphatic heterocycles. The molecule has 0 bridgehead atoms. The van der Waals surface area contributed by atoms with Gasteiger partial charge in [0.2, 0.25) is 0 Å². The van der Waals surface area contributed by atoms with Gasteiger partial charge in [0.05, 0.1) is 0 Å². The lowest BCUT2D eigenvalue weighted by Crippen LogP contribution is -2.19. The Hall–Kier alpha value is -0.590. The molecule has 0 aromatic carbocycles. The second-order valence-electron chi connectivity index (χ2n) is 4.28. The maximum atomic E-state index is 10.3. The van der Waals surface area contributed by atoms with Crippen LogP contribution in [0.3, 0.4) is 0 Å². The fourth-order valence-corrected chi connectivity index (χ4v) is 2.12. The van der Waals surface area contributed by atoms with Gasteiger partial charge in [0.25, 0.3) is 0 Å². The van der Waals surface area contributed by atoms with E-state index in [1.54, 1.807) is 0 Å². The normalized spacial score (nSPS) is 29.7. The smallest absolute Gasteiger partial charge is 0.120 e. The van der Waals surface area contributed by atoms with Crippen molar-refractivity contribution in [2.24, 2.45) is 5.41 Å². The van der Waals surface area contributed by atoms with Crippen molar-refractivity contribution < 1.29 is 4.79 Å². The van der Waals surface area contributed by atoms with Crippen LogP contribution in [0.25, 0.3) is 0 Å². The molecule has 1 nitrogen and oxygen atoms in total. The minimum absolute atomic E-state index is 0.403. The molecule has 1 aliphatic rings. The molecule has 0 fully saturated rings. The molecule has 0 spiro atoms. The highest BCUT2D eigenvalue weighted by Gasteiger charge is 2.25. The molecule has 1 unspecified atom stereocenters. The maximum absolute atomic E-state index is 10.3. The largest absolute Gasteiger partial charge is 0.303 e. The Kier molecular flexibility index (Phi) is 3.07. The van der Waals surface area contributed by atoms with Gasteiger partial charge in [0, 0.05) is 6.42 Å². The zero-order chi connectivity index (χ0) is 9.03. The van der Waals surface area contributed by atoms with Crippen molar-refractivity contribution >= 4 is 6.29 Å². The Balaban J connectivity index is 2.48. The van der Waals surface area contributed by atoms with Crippen molar-refractivity contribution in [1.29, 1.82) is 0 Å². The summed E-state index contributed by atoms with van der Waals surface area (Å²) in [7, 11) is 0. The van der Waals surface area contributed by atoms with Crippen molar-refractivity contribution in [3.8, 4) is 0 Å². The molecule has 12 heavy (non-hydrogen) atoms. The summed E-state index contributed by atoms with van der Waals surface area (Å²) in [6.07, 6.45) is 8.77. The topological polar surface area (TPSA) is 17.1 Å². The van der Waals surface area contributed by atoms with E-state index in [0.717, 1.165) is 19.1 Å². The van der Waals surface area contributed by atoms with Crippen LogP contribution in [0, 0.1) is 5.41 Å². The predicted octanol–water partition coefficient (Wildman–Crippen LogP) is 3.10. The maximum Gasteiger partial charge on any atom is 0.120 e. The van der Waals surface area contributed by atoms with Gasteiger partial charge in [-0.15, -0.1) is 0 Å². The highest BCUT2D eigenvalue weighted by Crippen LogP contribution is 2.39. The van der Waals surface area contributed by atoms with Crippen molar-refractivity contribution in [3.63, 3.8) is 0 Å². The molecule has 0 aromatic rings. The van der Waals surface area contributed by atoms with E-state index in [9.17, 15) is 4.79 Å². The van der Waals surface area contributed by atoms with Crippen molar-refractivity contribution in [1.82, 2.24) is 0 Å². The molecule has 0 amide bonds. The molecule has 0 N–H and O–H groups in total. The van der Waals surface area contributed by atoms with E-state index in [-0.39, 0.29) is 0 Å². The zero-order valence-corrected chi connectivity index (χ0v) is 8.10. The van der Waals surface area contributed by atoms with Crippen molar-refractivity contribution in [2.75, 3.05) is 0 Å². The Morgan fingerprint density at radius 2 is 2.42 bits per heavy atom. The fourth-order valence-electron chi connectivity index (χ4n) is 2.12. The summed E-state index contributed by atoms with van der Waals surface area (Å²) in [6, 6.07) is 0. The average Bonchev–Trinajstić information content (AvgIpc) is 2.01. The van der Waals surface area contributed by atoms with Crippen LogP contribution >= 0.6 is 0 Å². The standard InChI is InChI=1S/C11H18O/c1-10-5-3-6-11(2,9-10)7-4-8-12/h5,8H,3-4,6-7,9H2,1-2H3. The average molecular weight is 166 g/mol. The number of aldehydes is 1. The number of hydrogen-bond acceptors (Lipinski definition) is 1. The molecule has 0 heterocycles. The van der Waals surface area contributed by atoms with Crippen LogP contribution in [0.2, 0.25) is 0 Å². The molecular formula is C11H18O. The van der Waals surface area contributed by atoms with Crippen LogP contribution in [0.15, 0.2) is 11.6 Å². The second kappa shape index (κ2) is 3.88. The number of allylic oxidation sites excluding steroid dienone is 2. The third-order valence-corrected chi connectivity index (χ3v) is 2.81. The summed E-state index contributed by atoms with van der Waals surface area (Å²) in [5, 5.41) is 0. The lowest BCUT2D eigenvalue weighted by molar-refractivity contribution is -0.108. The highest BCUT2D eigenvalue weighted by atomic mass is 16.1. The number of rotatable bonds is 3. The molecule has 1 aliphatic carbocycles. The zero-order valence-electron chi connectivity index (χ0n) is 8.10. The van der Waals surface area contributed by atoms with E-state index in [2.05, 4.69) is 19.9 Å². The molecule has 1 rings (SSSR count). The van der Waals surface area contributed by atoms with Crippen LogP contribution in [-0.2, 0) is 4.79 Å². The van der Waals surface area contributed by atoms with Gasteiger partial charge >= 0.3 is 0 Å². The van der Waals surface area contributed by atoms with E-state index in [4.69, 9.17) is 0 Å². The number of carbonyl (C=O) groups is 1. The van der Waals surface area contributed by atoms with Gasteiger partial charge in [-0.3, -0.25) is 0 Å². The minimum atomic E-state index is 0.403. The minimum Gasteiger partial charge on any atom is -0.303 e. The summed E-state index contributed by atoms with van der Waals surface area (Å²) in [6.45, 7) is 4.49. The molecule has 68 valence electrons. The monoisotopic (exact) mass is 166 g/mol. The van der Waals surface area contributed by atoms with Crippen LogP contribution in [-0.4, -0.2) is 6.29 Å². The Morgan fingerprint density at radius 1 is 1.67 bits per heavy atom. The van der Waals surface area contributed by atoms with Gasteiger partial charge in [-0.2, -0.15) is 0 Å². The third-order valence-electron chi connectivity index (χ3n) is 2.81. The highest BCUT2D eigenvalue weighted by molar-refractivity contribution is 5.49. The molecule has 1 atom stereocenters. The summed E-state index contributed by atoms with van der Waals surface area (Å²) < 4.78 is 0. The van der Waals surface area contributed by atoms with E-state index >= 15 is 0 Å². The van der Waals surface area contributed by atoms with E-state index in [1.165, 1.54) is 24.8 Å². The Bertz CT molecular complexity index is 193. The Morgan fingerprint density at radius 3 is 3.00 bits per heavy atom. The van der Waals surface area contributed by atoms with Gasteiger partial charge in [-0.05, 0) is 38.0 Å². The van der Waals surface area contributed by atoms with Crippen LogP contribution in [0.4, 0.5) is 0 Å². The van der Waals surface area contributed by atoms with Gasteiger partial charge in [0.1, 0.15) is 6.29 Å². The SMILES string of the molecule is CC1=CCCC(C)(CCC=O)C1. The summed E-state index contributed by atoms with van der Waals surface area (Å²) in [4.78, 5) is 10.3. The van der Waals surface area contributed by atoms with Crippen LogP contribution < -0.4 is 0 Å². The van der Waals surface area contributed by atoms with Gasteiger partial charge < -0.3 is 4.79 Å². The van der Waals surface area contributed by atoms with E-state index in [1.807, 2.05) is 0 Å². The number of hydrogen-bond donors (Lipinski definition) is 0. The first-order valence-electron chi connectivity index (χ1n) is 4.76. The molecule has 0 radical (unpaired) electrons. The van der Waals surface area contributed by atoms with Crippen molar-refractivity contribution in [2.45, 2.75) is 46.0 Å². The molecule has 1 heteroatoms. The summed E-state index contributed by atoms with van der Waals surface area (Å²) >= 11 is 0. The van der Waals surface area contributed by atoms with Gasteiger partial charge in [-0.25, -0.2) is 0 Å². The van der Waals surface area contributed by atoms with E-state index in [0.29, 0.717) is 5.41 Å². The fraction of sp³-hybridized carbons (Fsp3) is 0.727. The molecule has 0 saturated heterocycles. The lowest BCUT2D eigenvalue weighted by atomic mass is 9.73. The Labute approximate surface area is 74.9 Å². The molecule has 0 aromatic heterocycles. The quantitative estimate of drug-likeness (QED) is 0.465. The van der Waals surface area contributed by atoms with Crippen molar-refractivity contribution in [3.05, 3.63) is 11.6 Å². The lowest BCUT2D eigenvalue weighted by Gasteiger charge is -2.32. The summed E-state index contributed by atoms with van der Waals surface area (Å²) in [5.74, 6) is 0. The summed E-state index contributed by atoms with van der Waals surface area (Å²) in [5.41, 5.74) is 1.90. The molecule has 0 saturated carbocycles. The van der Waals surface area contributed by atoms with Gasteiger partial charge in [-0.1, -0.05) is 18.6 Å². The van der Waals surface area contributed by atoms with Gasteiger partial charge in [0.15, 0.2) is 0 Å². The number of carbonyl (C=O) groups excluding carboxylic acids is 1. The molecular weight excluding hydrogens is 148 g/mol. The van der Waals surface area contributed by atoms with Crippen LogP contribution in [0.1, 0.15) is 46.0 Å². The van der Waals surface area contributed by atoms with E-state index < -0.39 is 0 Å². The second-order valence-corrected chi connectivity index (χ2v) is 4.28. The predicted molar refractivity (Wildman–Crippen MR) is 51.0 cm³/mol.